The minimum atomic E-state index is -5.30. The van der Waals surface area contributed by atoms with Gasteiger partial charge in [0.1, 0.15) is 30.0 Å². The van der Waals surface area contributed by atoms with Gasteiger partial charge in [-0.3, -0.25) is 9.59 Å². The van der Waals surface area contributed by atoms with Gasteiger partial charge < -0.3 is 9.11 Å². The predicted octanol–water partition coefficient (Wildman–Crippen LogP) is -8.00. The van der Waals surface area contributed by atoms with Gasteiger partial charge in [0.2, 0.25) is 5.78 Å². The van der Waals surface area contributed by atoms with E-state index >= 15 is 0 Å². The number of carbonyl (C=O) groups excluding carboxylic acids is 2. The van der Waals surface area contributed by atoms with Crippen molar-refractivity contribution in [2.45, 2.75) is 0 Å². The first-order valence-corrected chi connectivity index (χ1v) is 6.29. The molecule has 0 fully saturated rings. The van der Waals surface area contributed by atoms with Crippen LogP contribution in [0.15, 0.2) is 22.0 Å². The molecule has 0 aromatic carbocycles. The summed E-state index contributed by atoms with van der Waals surface area (Å²) in [5.74, 6) is -3.02. The molecule has 0 amide bonds. The molecule has 0 spiro atoms. The standard InChI is InChI=1S/C6H4O8S2.2Na/c7-3-1-4(15(9,10)11)6(8)5(2-3)16(12,13)14;;/h1-2H,(H,9,10,11)(H,12,13,14);;/q;2*+1/p-2. The summed E-state index contributed by atoms with van der Waals surface area (Å²) >= 11 is 0. The predicted molar refractivity (Wildman–Crippen MR) is 45.6 cm³/mol. The second-order valence-electron chi connectivity index (χ2n) is 2.66. The Morgan fingerprint density at radius 1 is 0.778 bits per heavy atom. The summed E-state index contributed by atoms with van der Waals surface area (Å²) in [6.07, 6.45) is 0.332. The molecule has 18 heavy (non-hydrogen) atoms. The van der Waals surface area contributed by atoms with Crippen LogP contribution in [-0.2, 0) is 29.8 Å². The van der Waals surface area contributed by atoms with E-state index in [4.69, 9.17) is 0 Å². The van der Waals surface area contributed by atoms with Gasteiger partial charge in [-0.15, -0.1) is 0 Å². The average molecular weight is 312 g/mol. The zero-order chi connectivity index (χ0) is 12.7. The first kappa shape index (κ1) is 20.9. The number of hydrogen-bond donors (Lipinski definition) is 0. The van der Waals surface area contributed by atoms with Crippen LogP contribution in [0.4, 0.5) is 0 Å². The van der Waals surface area contributed by atoms with Gasteiger partial charge in [-0.05, 0) is 0 Å². The zero-order valence-electron chi connectivity index (χ0n) is 9.24. The van der Waals surface area contributed by atoms with E-state index in [9.17, 15) is 35.5 Å². The first-order chi connectivity index (χ1) is 7.03. The van der Waals surface area contributed by atoms with E-state index in [0.717, 1.165) is 0 Å². The van der Waals surface area contributed by atoms with Crippen molar-refractivity contribution >= 4 is 31.8 Å². The maximum Gasteiger partial charge on any atom is 1.00 e. The summed E-state index contributed by atoms with van der Waals surface area (Å²) < 4.78 is 63.0. The molecule has 0 saturated carbocycles. The molecule has 0 aromatic rings. The minimum Gasteiger partial charge on any atom is -0.744 e. The first-order valence-electron chi connectivity index (χ1n) is 3.47. The van der Waals surface area contributed by atoms with E-state index in [1.54, 1.807) is 0 Å². The normalized spacial score (nSPS) is 16.1. The van der Waals surface area contributed by atoms with Gasteiger partial charge in [0.05, 0.1) is 0 Å². The summed E-state index contributed by atoms with van der Waals surface area (Å²) in [6, 6.07) is 0. The minimum absolute atomic E-state index is 0. The van der Waals surface area contributed by atoms with Crippen LogP contribution in [0.3, 0.4) is 0 Å². The number of allylic oxidation sites excluding steroid dienone is 4. The fourth-order valence-electron chi connectivity index (χ4n) is 0.924. The topological polar surface area (TPSA) is 149 Å². The van der Waals surface area contributed by atoms with Crippen molar-refractivity contribution in [1.82, 2.24) is 0 Å². The second kappa shape index (κ2) is 6.88. The van der Waals surface area contributed by atoms with Crippen LogP contribution in [0.25, 0.3) is 0 Å². The maximum atomic E-state index is 11.1. The molecule has 88 valence electrons. The number of Topliss-reactive ketones (excluding diaryl/α,β-unsaturated/α-hetero) is 1. The third kappa shape index (κ3) is 4.96. The van der Waals surface area contributed by atoms with Gasteiger partial charge >= 0.3 is 59.1 Å². The number of carbonyl (C=O) groups is 2. The van der Waals surface area contributed by atoms with Gasteiger partial charge in [-0.1, -0.05) is 0 Å². The molecule has 0 atom stereocenters. The van der Waals surface area contributed by atoms with Crippen molar-refractivity contribution in [3.05, 3.63) is 22.0 Å². The van der Waals surface area contributed by atoms with Crippen molar-refractivity contribution in [2.75, 3.05) is 0 Å². The molecular weight excluding hydrogens is 310 g/mol. The molecule has 0 aromatic heterocycles. The quantitative estimate of drug-likeness (QED) is 0.277. The molecule has 0 bridgehead atoms. The Hall–Kier alpha value is 0.640. The molecule has 0 N–H and O–H groups in total. The van der Waals surface area contributed by atoms with E-state index in [1.165, 1.54) is 0 Å². The summed E-state index contributed by atoms with van der Waals surface area (Å²) in [6.45, 7) is 0. The molecule has 0 radical (unpaired) electrons. The Kier molecular flexibility index (Phi) is 8.01. The molecular formula is C6H2Na2O8S2. The molecule has 0 unspecified atom stereocenters. The van der Waals surface area contributed by atoms with Gasteiger partial charge in [0.25, 0.3) is 0 Å². The SMILES string of the molecule is O=C1C=C(S(=O)(=O)[O-])C(=O)C(S(=O)(=O)[O-])=C1.[Na+].[Na+]. The fourth-order valence-corrected chi connectivity index (χ4v) is 2.18. The third-order valence-electron chi connectivity index (χ3n) is 1.53. The molecule has 1 rings (SSSR count). The van der Waals surface area contributed by atoms with Crippen LogP contribution in [0, 0.1) is 0 Å². The third-order valence-corrected chi connectivity index (χ3v) is 3.22. The van der Waals surface area contributed by atoms with Crippen LogP contribution < -0.4 is 59.1 Å². The Balaban J connectivity index is 0. The van der Waals surface area contributed by atoms with Crippen molar-refractivity contribution in [2.24, 2.45) is 0 Å². The second-order valence-corrected chi connectivity index (χ2v) is 5.35. The number of ketones is 2. The van der Waals surface area contributed by atoms with Crippen LogP contribution >= 0.6 is 0 Å². The molecule has 0 saturated heterocycles. The van der Waals surface area contributed by atoms with E-state index in [-0.39, 0.29) is 71.3 Å². The van der Waals surface area contributed by atoms with Gasteiger partial charge in [-0.25, -0.2) is 16.8 Å². The largest absolute Gasteiger partial charge is 1.00 e. The fraction of sp³-hybridized carbons (Fsp3) is 0. The summed E-state index contributed by atoms with van der Waals surface area (Å²) in [4.78, 5) is 18.8. The van der Waals surface area contributed by atoms with Crippen molar-refractivity contribution in [3.63, 3.8) is 0 Å². The zero-order valence-corrected chi connectivity index (χ0v) is 14.9. The Labute approximate surface area is 147 Å². The molecule has 0 heterocycles. The van der Waals surface area contributed by atoms with Crippen molar-refractivity contribution in [3.8, 4) is 0 Å². The molecule has 0 aliphatic heterocycles. The summed E-state index contributed by atoms with van der Waals surface area (Å²) in [5.41, 5.74) is 0. The number of hydrogen-bond acceptors (Lipinski definition) is 8. The number of rotatable bonds is 2. The van der Waals surface area contributed by atoms with Crippen LogP contribution in [0.5, 0.6) is 0 Å². The average Bonchev–Trinajstić information content (AvgIpc) is 2.04. The Bertz CT molecular complexity index is 585. The smallest absolute Gasteiger partial charge is 0.744 e. The summed E-state index contributed by atoms with van der Waals surface area (Å²) in [5, 5.41) is 0. The Morgan fingerprint density at radius 3 is 1.28 bits per heavy atom. The van der Waals surface area contributed by atoms with E-state index in [1.807, 2.05) is 0 Å². The van der Waals surface area contributed by atoms with Gasteiger partial charge in [-0.2, -0.15) is 0 Å². The van der Waals surface area contributed by atoms with E-state index in [0.29, 0.717) is 0 Å². The van der Waals surface area contributed by atoms with Crippen LogP contribution in [0.2, 0.25) is 0 Å². The van der Waals surface area contributed by atoms with Gasteiger partial charge in [0, 0.05) is 12.2 Å². The summed E-state index contributed by atoms with van der Waals surface area (Å²) in [7, 11) is -10.6. The van der Waals surface area contributed by atoms with Crippen molar-refractivity contribution < 1.29 is 94.6 Å². The molecule has 1 aliphatic rings. The van der Waals surface area contributed by atoms with Crippen LogP contribution in [-0.4, -0.2) is 37.5 Å². The van der Waals surface area contributed by atoms with Crippen molar-refractivity contribution in [1.29, 1.82) is 0 Å². The molecule has 1 aliphatic carbocycles. The molecule has 12 heteroatoms. The molecule has 8 nitrogen and oxygen atoms in total. The monoisotopic (exact) mass is 312 g/mol. The Morgan fingerprint density at radius 2 is 1.06 bits per heavy atom. The van der Waals surface area contributed by atoms with Gasteiger partial charge in [0.15, 0.2) is 5.78 Å². The maximum absolute atomic E-state index is 11.1. The van der Waals surface area contributed by atoms with Crippen LogP contribution in [0.1, 0.15) is 0 Å². The van der Waals surface area contributed by atoms with E-state index < -0.39 is 41.6 Å². The van der Waals surface area contributed by atoms with E-state index in [2.05, 4.69) is 0 Å².